The Labute approximate surface area is 124 Å². The van der Waals surface area contributed by atoms with Crippen LogP contribution in [0.1, 0.15) is 27.8 Å². The van der Waals surface area contributed by atoms with Crippen molar-refractivity contribution >= 4 is 29.3 Å². The lowest BCUT2D eigenvalue weighted by atomic mass is 9.82. The van der Waals surface area contributed by atoms with Gasteiger partial charge in [0.1, 0.15) is 5.69 Å². The van der Waals surface area contributed by atoms with Crippen molar-refractivity contribution in [2.75, 3.05) is 12.4 Å². The molecule has 0 radical (unpaired) electrons. The molecule has 0 bridgehead atoms. The zero-order valence-corrected chi connectivity index (χ0v) is 12.0. The van der Waals surface area contributed by atoms with E-state index in [1.165, 1.54) is 6.20 Å². The monoisotopic (exact) mass is 304 g/mol. The number of carbonyl (C=O) groups is 3. The van der Waals surface area contributed by atoms with Gasteiger partial charge in [-0.05, 0) is 19.1 Å². The summed E-state index contributed by atoms with van der Waals surface area (Å²) < 4.78 is 4.95. The maximum atomic E-state index is 12.6. The summed E-state index contributed by atoms with van der Waals surface area (Å²) in [4.78, 5) is 41.3. The van der Waals surface area contributed by atoms with Crippen LogP contribution in [0.15, 0.2) is 28.8 Å². The molecule has 2 heterocycles. The van der Waals surface area contributed by atoms with Crippen molar-refractivity contribution in [1.29, 1.82) is 0 Å². The normalized spacial score (nSPS) is 23.9. The van der Waals surface area contributed by atoms with Gasteiger partial charge in [-0.1, -0.05) is 0 Å². The lowest BCUT2D eigenvalue weighted by Crippen LogP contribution is -2.53. The highest BCUT2D eigenvalue weighted by molar-refractivity contribution is 8.04. The van der Waals surface area contributed by atoms with Gasteiger partial charge in [0, 0.05) is 11.9 Å². The first-order valence-corrected chi connectivity index (χ1v) is 7.37. The zero-order valence-electron chi connectivity index (χ0n) is 11.2. The van der Waals surface area contributed by atoms with Crippen LogP contribution >= 0.6 is 11.8 Å². The fourth-order valence-electron chi connectivity index (χ4n) is 2.45. The van der Waals surface area contributed by atoms with E-state index in [1.54, 1.807) is 19.1 Å². The van der Waals surface area contributed by atoms with E-state index in [0.717, 1.165) is 11.8 Å². The van der Waals surface area contributed by atoms with Crippen LogP contribution in [0.25, 0.3) is 0 Å². The molecule has 0 saturated heterocycles. The van der Waals surface area contributed by atoms with E-state index in [1.807, 2.05) is 0 Å². The third-order valence-corrected chi connectivity index (χ3v) is 4.74. The molecular formula is C14H12N2O4S. The van der Waals surface area contributed by atoms with Crippen molar-refractivity contribution in [3.63, 3.8) is 0 Å². The number of ether oxygens (including phenoxy) is 1. The number of hydrogen-bond donors (Lipinski definition) is 1. The quantitative estimate of drug-likeness (QED) is 0.804. The highest BCUT2D eigenvalue weighted by Crippen LogP contribution is 2.44. The van der Waals surface area contributed by atoms with Crippen LogP contribution in [0.4, 0.5) is 0 Å². The van der Waals surface area contributed by atoms with Gasteiger partial charge >= 0.3 is 5.97 Å². The Hall–Kier alpha value is -1.99. The summed E-state index contributed by atoms with van der Waals surface area (Å²) in [6, 6.07) is 3.14. The summed E-state index contributed by atoms with van der Waals surface area (Å²) in [5, 5.41) is 0. The summed E-state index contributed by atoms with van der Waals surface area (Å²) >= 11 is 1.12. The molecule has 6 nitrogen and oxygen atoms in total. The van der Waals surface area contributed by atoms with Crippen molar-refractivity contribution in [3.8, 4) is 0 Å². The van der Waals surface area contributed by atoms with Gasteiger partial charge in [-0.3, -0.25) is 14.6 Å². The SMILES string of the molecule is CCOC(=O)C1(N)CSC2=C1C(=O)c1ncccc1C2=O. The number of fused-ring (bicyclic) bond motifs is 1. The molecule has 2 N–H and O–H groups in total. The predicted molar refractivity (Wildman–Crippen MR) is 75.9 cm³/mol. The molecule has 1 aliphatic heterocycles. The highest BCUT2D eigenvalue weighted by atomic mass is 32.2. The maximum Gasteiger partial charge on any atom is 0.331 e. The molecule has 0 aromatic carbocycles. The van der Waals surface area contributed by atoms with Crippen molar-refractivity contribution < 1.29 is 19.1 Å². The van der Waals surface area contributed by atoms with Crippen LogP contribution in [-0.4, -0.2) is 40.4 Å². The number of nitrogens with two attached hydrogens (primary N) is 1. The smallest absolute Gasteiger partial charge is 0.331 e. The zero-order chi connectivity index (χ0) is 15.2. The molecule has 1 aromatic rings. The number of rotatable bonds is 2. The van der Waals surface area contributed by atoms with E-state index in [9.17, 15) is 14.4 Å². The number of allylic oxidation sites excluding steroid dienone is 1. The molecule has 0 fully saturated rings. The fraction of sp³-hybridized carbons (Fsp3) is 0.286. The van der Waals surface area contributed by atoms with Crippen molar-refractivity contribution in [3.05, 3.63) is 40.1 Å². The Bertz CT molecular complexity index is 713. The van der Waals surface area contributed by atoms with E-state index in [2.05, 4.69) is 4.98 Å². The minimum Gasteiger partial charge on any atom is -0.464 e. The number of pyridine rings is 1. The molecule has 7 heteroatoms. The van der Waals surface area contributed by atoms with Gasteiger partial charge in [-0.2, -0.15) is 0 Å². The number of aromatic nitrogens is 1. The van der Waals surface area contributed by atoms with E-state index in [0.29, 0.717) is 0 Å². The predicted octanol–water partition coefficient (Wildman–Crippen LogP) is 0.722. The van der Waals surface area contributed by atoms with Gasteiger partial charge in [0.05, 0.1) is 22.6 Å². The van der Waals surface area contributed by atoms with Gasteiger partial charge in [-0.25, -0.2) is 4.79 Å². The van der Waals surface area contributed by atoms with E-state index in [-0.39, 0.29) is 39.9 Å². The second kappa shape index (κ2) is 4.78. The first-order valence-electron chi connectivity index (χ1n) is 6.38. The van der Waals surface area contributed by atoms with Crippen LogP contribution in [-0.2, 0) is 9.53 Å². The number of thioether (sulfide) groups is 1. The van der Waals surface area contributed by atoms with Crippen LogP contribution < -0.4 is 5.73 Å². The topological polar surface area (TPSA) is 99.3 Å². The van der Waals surface area contributed by atoms with Gasteiger partial charge < -0.3 is 10.5 Å². The highest BCUT2D eigenvalue weighted by Gasteiger charge is 2.53. The Morgan fingerprint density at radius 1 is 1.48 bits per heavy atom. The molecule has 1 aliphatic carbocycles. The number of carbonyl (C=O) groups excluding carboxylic acids is 3. The molecule has 0 spiro atoms. The minimum atomic E-state index is -1.59. The number of esters is 1. The summed E-state index contributed by atoms with van der Waals surface area (Å²) in [6.07, 6.45) is 1.43. The molecule has 0 amide bonds. The van der Waals surface area contributed by atoms with Crippen molar-refractivity contribution in [2.24, 2.45) is 5.73 Å². The van der Waals surface area contributed by atoms with Gasteiger partial charge in [-0.15, -0.1) is 11.8 Å². The summed E-state index contributed by atoms with van der Waals surface area (Å²) in [6.45, 7) is 1.81. The second-order valence-electron chi connectivity index (χ2n) is 4.74. The average Bonchev–Trinajstić information content (AvgIpc) is 2.85. The van der Waals surface area contributed by atoms with E-state index < -0.39 is 17.3 Å². The minimum absolute atomic E-state index is 0.0159. The Morgan fingerprint density at radius 3 is 2.95 bits per heavy atom. The Kier molecular flexibility index (Phi) is 3.18. The maximum absolute atomic E-state index is 12.6. The standard InChI is InChI=1S/C14H12N2O4S/c1-2-20-13(19)14(15)6-21-12-8(14)11(18)9-7(10(12)17)4-3-5-16-9/h3-5H,2,6,15H2,1H3. The fourth-order valence-corrected chi connectivity index (χ4v) is 3.74. The van der Waals surface area contributed by atoms with Gasteiger partial charge in [0.2, 0.25) is 11.6 Å². The van der Waals surface area contributed by atoms with Crippen LogP contribution in [0.3, 0.4) is 0 Å². The summed E-state index contributed by atoms with van der Waals surface area (Å²) in [5.74, 6) is -1.36. The van der Waals surface area contributed by atoms with E-state index >= 15 is 0 Å². The van der Waals surface area contributed by atoms with Crippen LogP contribution in [0, 0.1) is 0 Å². The van der Waals surface area contributed by atoms with Gasteiger partial charge in [0.15, 0.2) is 5.54 Å². The first-order chi connectivity index (χ1) is 10.0. The second-order valence-corrected chi connectivity index (χ2v) is 5.73. The van der Waals surface area contributed by atoms with Crippen molar-refractivity contribution in [1.82, 2.24) is 4.98 Å². The molecule has 1 aromatic heterocycles. The Balaban J connectivity index is 2.14. The largest absolute Gasteiger partial charge is 0.464 e. The molecule has 3 rings (SSSR count). The van der Waals surface area contributed by atoms with Gasteiger partial charge in [0.25, 0.3) is 0 Å². The number of nitrogens with zero attached hydrogens (tertiary/aromatic N) is 1. The molecule has 2 aliphatic rings. The van der Waals surface area contributed by atoms with E-state index in [4.69, 9.17) is 10.5 Å². The molecule has 1 unspecified atom stereocenters. The van der Waals surface area contributed by atoms with Crippen LogP contribution in [0.5, 0.6) is 0 Å². The lowest BCUT2D eigenvalue weighted by Gasteiger charge is -2.25. The number of ketones is 2. The third kappa shape index (κ3) is 1.85. The summed E-state index contributed by atoms with van der Waals surface area (Å²) in [7, 11) is 0. The first kappa shape index (κ1) is 14.0. The third-order valence-electron chi connectivity index (χ3n) is 3.46. The number of Topliss-reactive ketones (excluding diaryl/α,β-unsaturated/α-hetero) is 2. The summed E-state index contributed by atoms with van der Waals surface area (Å²) in [5.41, 5.74) is 4.83. The van der Waals surface area contributed by atoms with Crippen LogP contribution in [0.2, 0.25) is 0 Å². The molecule has 21 heavy (non-hydrogen) atoms. The van der Waals surface area contributed by atoms with Crippen molar-refractivity contribution in [2.45, 2.75) is 12.5 Å². The number of hydrogen-bond acceptors (Lipinski definition) is 7. The average molecular weight is 304 g/mol. The lowest BCUT2D eigenvalue weighted by molar-refractivity contribution is -0.147. The molecular weight excluding hydrogens is 292 g/mol. The Morgan fingerprint density at radius 2 is 2.24 bits per heavy atom. The molecule has 0 saturated carbocycles. The molecule has 108 valence electrons. The molecule has 1 atom stereocenters.